The number of aromatic nitrogens is 1. The number of benzene rings is 1. The average Bonchev–Trinajstić information content (AvgIpc) is 2.94. The zero-order valence-corrected chi connectivity index (χ0v) is 9.74. The van der Waals surface area contributed by atoms with E-state index in [-0.39, 0.29) is 5.56 Å². The number of hydrogen-bond donors (Lipinski definition) is 0. The lowest BCUT2D eigenvalue weighted by molar-refractivity contribution is 0.348. The molecule has 0 N–H and O–H groups in total. The second-order valence-corrected chi connectivity index (χ2v) is 3.99. The van der Waals surface area contributed by atoms with Crippen LogP contribution in [0.5, 0.6) is 0 Å². The van der Waals surface area contributed by atoms with Gasteiger partial charge in [0.25, 0.3) is 5.56 Å². The molecule has 0 aliphatic carbocycles. The first kappa shape index (κ1) is 10.8. The van der Waals surface area contributed by atoms with Gasteiger partial charge in [-0.05, 0) is 30.3 Å². The maximum absolute atomic E-state index is 11.7. The van der Waals surface area contributed by atoms with Gasteiger partial charge in [0.05, 0.1) is 6.54 Å². The van der Waals surface area contributed by atoms with Gasteiger partial charge < -0.3 is 4.74 Å². The smallest absolute Gasteiger partial charge is 0.255 e. The van der Waals surface area contributed by atoms with Crippen LogP contribution in [-0.4, -0.2) is 23.6 Å². The Morgan fingerprint density at radius 3 is 2.61 bits per heavy atom. The monoisotopic (exact) mass is 240 g/mol. The average molecular weight is 240 g/mol. The summed E-state index contributed by atoms with van der Waals surface area (Å²) >= 11 is 0. The van der Waals surface area contributed by atoms with Crippen molar-refractivity contribution < 1.29 is 4.74 Å². The van der Waals surface area contributed by atoms with Gasteiger partial charge in [0.1, 0.15) is 6.61 Å². The highest BCUT2D eigenvalue weighted by Gasteiger charge is 2.09. The second kappa shape index (κ2) is 4.49. The number of ether oxygens (including phenoxy) is 1. The van der Waals surface area contributed by atoms with E-state index < -0.39 is 0 Å². The molecule has 3 rings (SSSR count). The van der Waals surface area contributed by atoms with Crippen molar-refractivity contribution in [3.63, 3.8) is 0 Å². The van der Waals surface area contributed by atoms with Crippen molar-refractivity contribution in [2.45, 2.75) is 0 Å². The van der Waals surface area contributed by atoms with Gasteiger partial charge in [-0.2, -0.15) is 0 Å². The number of hydrogen-bond acceptors (Lipinski definition) is 3. The van der Waals surface area contributed by atoms with Crippen LogP contribution in [0.25, 0.3) is 5.69 Å². The molecule has 1 aliphatic rings. The summed E-state index contributed by atoms with van der Waals surface area (Å²) in [5, 5.41) is 0. The fourth-order valence-corrected chi connectivity index (χ4v) is 1.92. The lowest BCUT2D eigenvalue weighted by Gasteiger charge is -2.06. The molecule has 90 valence electrons. The predicted molar refractivity (Wildman–Crippen MR) is 69.4 cm³/mol. The molecule has 1 aromatic heterocycles. The molecule has 0 saturated carbocycles. The van der Waals surface area contributed by atoms with E-state index in [2.05, 4.69) is 4.99 Å². The van der Waals surface area contributed by atoms with Crippen LogP contribution in [0.3, 0.4) is 0 Å². The summed E-state index contributed by atoms with van der Waals surface area (Å²) in [5.41, 5.74) is 1.74. The third kappa shape index (κ3) is 1.93. The lowest BCUT2D eigenvalue weighted by atomic mass is 10.2. The first-order chi connectivity index (χ1) is 8.84. The summed E-state index contributed by atoms with van der Waals surface area (Å²) in [5.74, 6) is 0.682. The van der Waals surface area contributed by atoms with Crippen LogP contribution in [0.15, 0.2) is 58.4 Å². The van der Waals surface area contributed by atoms with Gasteiger partial charge in [-0.25, -0.2) is 4.99 Å². The quantitative estimate of drug-likeness (QED) is 0.800. The van der Waals surface area contributed by atoms with Gasteiger partial charge in [-0.3, -0.25) is 9.36 Å². The summed E-state index contributed by atoms with van der Waals surface area (Å²) in [6.07, 6.45) is 1.75. The molecule has 0 saturated heterocycles. The van der Waals surface area contributed by atoms with Crippen LogP contribution < -0.4 is 5.56 Å². The lowest BCUT2D eigenvalue weighted by Crippen LogP contribution is -2.15. The second-order valence-electron chi connectivity index (χ2n) is 3.99. The minimum absolute atomic E-state index is 0.0419. The van der Waals surface area contributed by atoms with Gasteiger partial charge in [0, 0.05) is 23.5 Å². The molecular formula is C14H12N2O2. The van der Waals surface area contributed by atoms with Crippen molar-refractivity contribution in [2.24, 2.45) is 4.99 Å². The molecule has 0 radical (unpaired) electrons. The molecule has 4 nitrogen and oxygen atoms in total. The van der Waals surface area contributed by atoms with Gasteiger partial charge in [-0.1, -0.05) is 6.07 Å². The van der Waals surface area contributed by atoms with Crippen LogP contribution in [0.1, 0.15) is 5.56 Å². The van der Waals surface area contributed by atoms with Crippen molar-refractivity contribution in [1.82, 2.24) is 4.57 Å². The molecule has 18 heavy (non-hydrogen) atoms. The Morgan fingerprint density at radius 2 is 1.94 bits per heavy atom. The molecular weight excluding hydrogens is 228 g/mol. The zero-order chi connectivity index (χ0) is 12.4. The summed E-state index contributed by atoms with van der Waals surface area (Å²) in [6, 6.07) is 12.7. The minimum atomic E-state index is -0.0419. The first-order valence-electron chi connectivity index (χ1n) is 5.80. The largest absolute Gasteiger partial charge is 0.476 e. The molecule has 0 fully saturated rings. The van der Waals surface area contributed by atoms with E-state index in [1.165, 1.54) is 6.07 Å². The molecule has 0 unspecified atom stereocenters. The predicted octanol–water partition coefficient (Wildman–Crippen LogP) is 1.61. The Balaban J connectivity index is 1.96. The molecule has 1 aliphatic heterocycles. The summed E-state index contributed by atoms with van der Waals surface area (Å²) in [7, 11) is 0. The van der Waals surface area contributed by atoms with E-state index in [9.17, 15) is 4.79 Å². The Bertz CT molecular complexity index is 641. The van der Waals surface area contributed by atoms with Gasteiger partial charge in [0.2, 0.25) is 5.90 Å². The molecule has 0 atom stereocenters. The van der Waals surface area contributed by atoms with E-state index in [4.69, 9.17) is 4.74 Å². The molecule has 0 amide bonds. The topological polar surface area (TPSA) is 43.6 Å². The van der Waals surface area contributed by atoms with E-state index in [1.807, 2.05) is 30.3 Å². The van der Waals surface area contributed by atoms with Crippen LogP contribution in [0.2, 0.25) is 0 Å². The van der Waals surface area contributed by atoms with Crippen LogP contribution in [0.4, 0.5) is 0 Å². The molecule has 2 aromatic rings. The highest BCUT2D eigenvalue weighted by atomic mass is 16.5. The van der Waals surface area contributed by atoms with Crippen molar-refractivity contribution in [1.29, 1.82) is 0 Å². The van der Waals surface area contributed by atoms with E-state index >= 15 is 0 Å². The molecule has 0 bridgehead atoms. The Morgan fingerprint density at radius 1 is 1.11 bits per heavy atom. The van der Waals surface area contributed by atoms with Gasteiger partial charge in [0.15, 0.2) is 0 Å². The number of pyridine rings is 1. The van der Waals surface area contributed by atoms with Crippen molar-refractivity contribution in [3.8, 4) is 5.69 Å². The third-order valence-electron chi connectivity index (χ3n) is 2.80. The molecule has 0 spiro atoms. The van der Waals surface area contributed by atoms with Gasteiger partial charge in [-0.15, -0.1) is 0 Å². The van der Waals surface area contributed by atoms with E-state index in [0.29, 0.717) is 12.5 Å². The summed E-state index contributed by atoms with van der Waals surface area (Å²) in [4.78, 5) is 15.9. The fraction of sp³-hybridized carbons (Fsp3) is 0.143. The first-order valence-corrected chi connectivity index (χ1v) is 5.80. The third-order valence-corrected chi connectivity index (χ3v) is 2.80. The highest BCUT2D eigenvalue weighted by Crippen LogP contribution is 2.11. The zero-order valence-electron chi connectivity index (χ0n) is 9.74. The van der Waals surface area contributed by atoms with Gasteiger partial charge >= 0.3 is 0 Å². The number of nitrogens with zero attached hydrogens (tertiary/aromatic N) is 2. The SMILES string of the molecule is O=c1ccccn1-c1ccc(C2=NCCO2)cc1. The number of aliphatic imine (C=N–C) groups is 1. The fourth-order valence-electron chi connectivity index (χ4n) is 1.92. The Kier molecular flexibility index (Phi) is 2.68. The number of rotatable bonds is 2. The van der Waals surface area contributed by atoms with E-state index in [1.54, 1.807) is 16.8 Å². The van der Waals surface area contributed by atoms with Crippen molar-refractivity contribution >= 4 is 5.90 Å². The molecule has 4 heteroatoms. The normalized spacial score (nSPS) is 14.1. The standard InChI is InChI=1S/C14H12N2O2/c17-13-3-1-2-9-16(13)12-6-4-11(5-7-12)14-15-8-10-18-14/h1-7,9H,8,10H2. The summed E-state index contributed by atoms with van der Waals surface area (Å²) < 4.78 is 6.99. The van der Waals surface area contributed by atoms with Crippen molar-refractivity contribution in [2.75, 3.05) is 13.2 Å². The van der Waals surface area contributed by atoms with Crippen LogP contribution >= 0.6 is 0 Å². The van der Waals surface area contributed by atoms with E-state index in [0.717, 1.165) is 17.8 Å². The highest BCUT2D eigenvalue weighted by molar-refractivity contribution is 5.95. The van der Waals surface area contributed by atoms with Crippen molar-refractivity contribution in [3.05, 3.63) is 64.6 Å². The Labute approximate surface area is 104 Å². The molecule has 2 heterocycles. The van der Waals surface area contributed by atoms with Crippen LogP contribution in [0, 0.1) is 0 Å². The minimum Gasteiger partial charge on any atom is -0.476 e. The summed E-state index contributed by atoms with van der Waals surface area (Å²) in [6.45, 7) is 1.37. The Hall–Kier alpha value is -2.36. The maximum Gasteiger partial charge on any atom is 0.255 e. The molecule has 1 aromatic carbocycles. The van der Waals surface area contributed by atoms with Crippen LogP contribution in [-0.2, 0) is 4.74 Å². The maximum atomic E-state index is 11.7.